The third-order valence-electron chi connectivity index (χ3n) is 4.67. The number of hydrogen-bond donors (Lipinski definition) is 0. The van der Waals surface area contributed by atoms with Crippen molar-refractivity contribution in [2.24, 2.45) is 11.8 Å². The third-order valence-corrected chi connectivity index (χ3v) is 4.67. The summed E-state index contributed by atoms with van der Waals surface area (Å²) in [5.41, 5.74) is 4.07. The van der Waals surface area contributed by atoms with Crippen LogP contribution < -0.4 is 0 Å². The van der Waals surface area contributed by atoms with E-state index in [4.69, 9.17) is 0 Å². The molecule has 0 amide bonds. The number of allylic oxidation sites excluding steroid dienone is 1. The van der Waals surface area contributed by atoms with Gasteiger partial charge in [-0.1, -0.05) is 64.0 Å². The lowest BCUT2D eigenvalue weighted by Gasteiger charge is -2.26. The number of aryl methyl sites for hydroxylation is 1. The molecule has 0 bridgehead atoms. The van der Waals surface area contributed by atoms with Gasteiger partial charge in [-0.25, -0.2) is 0 Å². The van der Waals surface area contributed by atoms with Crippen LogP contribution in [-0.2, 0) is 6.42 Å². The van der Waals surface area contributed by atoms with Crippen molar-refractivity contribution in [2.45, 2.75) is 58.8 Å². The topological polar surface area (TPSA) is 0 Å². The smallest absolute Gasteiger partial charge is 0.0230 e. The SMILES string of the molecule is C=C(CCC1CCCC(C)C1)c1ccc(CC)cc1. The Bertz CT molecular complexity index is 399. The number of hydrogen-bond acceptors (Lipinski definition) is 0. The minimum absolute atomic E-state index is 0.940. The molecule has 1 aliphatic carbocycles. The number of benzene rings is 1. The van der Waals surface area contributed by atoms with Crippen LogP contribution in [0, 0.1) is 11.8 Å². The van der Waals surface area contributed by atoms with Gasteiger partial charge in [0.15, 0.2) is 0 Å². The van der Waals surface area contributed by atoms with Crippen LogP contribution in [0.3, 0.4) is 0 Å². The van der Waals surface area contributed by atoms with E-state index in [0.717, 1.165) is 18.3 Å². The molecule has 104 valence electrons. The lowest BCUT2D eigenvalue weighted by atomic mass is 9.79. The quantitative estimate of drug-likeness (QED) is 0.618. The zero-order chi connectivity index (χ0) is 13.7. The Balaban J connectivity index is 1.83. The van der Waals surface area contributed by atoms with Crippen LogP contribution in [0.1, 0.15) is 63.5 Å². The molecule has 1 saturated carbocycles. The normalized spacial score (nSPS) is 23.3. The molecular weight excluding hydrogens is 228 g/mol. The van der Waals surface area contributed by atoms with Crippen LogP contribution in [0.25, 0.3) is 5.57 Å². The van der Waals surface area contributed by atoms with Gasteiger partial charge < -0.3 is 0 Å². The first kappa shape index (κ1) is 14.4. The minimum Gasteiger partial charge on any atom is -0.0952 e. The molecule has 1 aromatic carbocycles. The molecule has 0 heterocycles. The summed E-state index contributed by atoms with van der Waals surface area (Å²) in [6.07, 6.45) is 9.36. The summed E-state index contributed by atoms with van der Waals surface area (Å²) in [5.74, 6) is 1.88. The maximum Gasteiger partial charge on any atom is -0.0230 e. The molecule has 0 aromatic heterocycles. The lowest BCUT2D eigenvalue weighted by molar-refractivity contribution is 0.272. The summed E-state index contributed by atoms with van der Waals surface area (Å²) in [6, 6.07) is 8.96. The summed E-state index contributed by atoms with van der Waals surface area (Å²) < 4.78 is 0. The molecule has 0 radical (unpaired) electrons. The van der Waals surface area contributed by atoms with Gasteiger partial charge in [-0.15, -0.1) is 0 Å². The van der Waals surface area contributed by atoms with Crippen LogP contribution >= 0.6 is 0 Å². The first-order valence-electron chi connectivity index (χ1n) is 7.96. The van der Waals surface area contributed by atoms with Gasteiger partial charge >= 0.3 is 0 Å². The van der Waals surface area contributed by atoms with Gasteiger partial charge in [-0.05, 0) is 54.2 Å². The van der Waals surface area contributed by atoms with E-state index in [1.807, 2.05) is 0 Å². The van der Waals surface area contributed by atoms with Crippen molar-refractivity contribution in [3.63, 3.8) is 0 Å². The maximum absolute atomic E-state index is 4.28. The monoisotopic (exact) mass is 256 g/mol. The molecule has 2 unspecified atom stereocenters. The zero-order valence-electron chi connectivity index (χ0n) is 12.6. The summed E-state index contributed by atoms with van der Waals surface area (Å²) in [7, 11) is 0. The van der Waals surface area contributed by atoms with Gasteiger partial charge in [0.25, 0.3) is 0 Å². The Kier molecular flexibility index (Phi) is 5.24. The highest BCUT2D eigenvalue weighted by Crippen LogP contribution is 2.33. The van der Waals surface area contributed by atoms with E-state index >= 15 is 0 Å². The highest BCUT2D eigenvalue weighted by Gasteiger charge is 2.18. The number of rotatable bonds is 5. The van der Waals surface area contributed by atoms with Crippen molar-refractivity contribution in [3.05, 3.63) is 42.0 Å². The second-order valence-electron chi connectivity index (χ2n) is 6.33. The summed E-state index contributed by atoms with van der Waals surface area (Å²) in [5, 5.41) is 0. The molecule has 19 heavy (non-hydrogen) atoms. The fourth-order valence-corrected chi connectivity index (χ4v) is 3.32. The second-order valence-corrected chi connectivity index (χ2v) is 6.33. The Labute approximate surface area is 118 Å². The Morgan fingerprint density at radius 2 is 1.95 bits per heavy atom. The van der Waals surface area contributed by atoms with Gasteiger partial charge in [0.1, 0.15) is 0 Å². The van der Waals surface area contributed by atoms with E-state index in [9.17, 15) is 0 Å². The predicted octanol–water partition coefficient (Wildman–Crippen LogP) is 5.87. The molecular formula is C19H28. The molecule has 1 aliphatic rings. The Morgan fingerprint density at radius 1 is 1.21 bits per heavy atom. The highest BCUT2D eigenvalue weighted by atomic mass is 14.2. The van der Waals surface area contributed by atoms with Crippen LogP contribution in [0.5, 0.6) is 0 Å². The maximum atomic E-state index is 4.28. The zero-order valence-corrected chi connectivity index (χ0v) is 12.6. The standard InChI is InChI=1S/C19H28/c1-4-17-10-12-19(13-11-17)16(3)8-9-18-7-5-6-15(2)14-18/h10-13,15,18H,3-9,14H2,1-2H3. The summed E-state index contributed by atoms with van der Waals surface area (Å²) in [4.78, 5) is 0. The molecule has 0 N–H and O–H groups in total. The summed E-state index contributed by atoms with van der Waals surface area (Å²) in [6.45, 7) is 8.89. The minimum atomic E-state index is 0.940. The molecule has 0 saturated heterocycles. The Morgan fingerprint density at radius 3 is 2.58 bits per heavy atom. The van der Waals surface area contributed by atoms with Crippen molar-refractivity contribution in [1.29, 1.82) is 0 Å². The summed E-state index contributed by atoms with van der Waals surface area (Å²) >= 11 is 0. The predicted molar refractivity (Wildman–Crippen MR) is 85.2 cm³/mol. The molecule has 0 spiro atoms. The van der Waals surface area contributed by atoms with Crippen molar-refractivity contribution in [1.82, 2.24) is 0 Å². The molecule has 0 heteroatoms. The molecule has 0 aliphatic heterocycles. The van der Waals surface area contributed by atoms with Gasteiger partial charge in [0.05, 0.1) is 0 Å². The van der Waals surface area contributed by atoms with Gasteiger partial charge in [-0.2, -0.15) is 0 Å². The Hall–Kier alpha value is -1.04. The van der Waals surface area contributed by atoms with E-state index in [1.54, 1.807) is 0 Å². The molecule has 0 nitrogen and oxygen atoms in total. The fraction of sp³-hybridized carbons (Fsp3) is 0.579. The van der Waals surface area contributed by atoms with E-state index in [1.165, 1.54) is 55.2 Å². The molecule has 1 fully saturated rings. The molecule has 2 rings (SSSR count). The van der Waals surface area contributed by atoms with Gasteiger partial charge in [-0.3, -0.25) is 0 Å². The second kappa shape index (κ2) is 6.93. The van der Waals surface area contributed by atoms with Gasteiger partial charge in [0.2, 0.25) is 0 Å². The van der Waals surface area contributed by atoms with E-state index in [-0.39, 0.29) is 0 Å². The first-order valence-corrected chi connectivity index (χ1v) is 7.96. The van der Waals surface area contributed by atoms with E-state index in [0.29, 0.717) is 0 Å². The largest absolute Gasteiger partial charge is 0.0952 e. The third kappa shape index (κ3) is 4.23. The molecule has 2 atom stereocenters. The van der Waals surface area contributed by atoms with Crippen molar-refractivity contribution < 1.29 is 0 Å². The van der Waals surface area contributed by atoms with E-state index < -0.39 is 0 Å². The first-order chi connectivity index (χ1) is 9.19. The van der Waals surface area contributed by atoms with Crippen LogP contribution in [-0.4, -0.2) is 0 Å². The van der Waals surface area contributed by atoms with Crippen molar-refractivity contribution in [2.75, 3.05) is 0 Å². The van der Waals surface area contributed by atoms with Crippen molar-refractivity contribution in [3.8, 4) is 0 Å². The van der Waals surface area contributed by atoms with Gasteiger partial charge in [0, 0.05) is 0 Å². The lowest BCUT2D eigenvalue weighted by Crippen LogP contribution is -2.13. The van der Waals surface area contributed by atoms with Crippen molar-refractivity contribution >= 4 is 5.57 Å². The van der Waals surface area contributed by atoms with Crippen LogP contribution in [0.4, 0.5) is 0 Å². The highest BCUT2D eigenvalue weighted by molar-refractivity contribution is 5.63. The fourth-order valence-electron chi connectivity index (χ4n) is 3.32. The van der Waals surface area contributed by atoms with E-state index in [2.05, 4.69) is 44.7 Å². The van der Waals surface area contributed by atoms with Crippen LogP contribution in [0.15, 0.2) is 30.8 Å². The average molecular weight is 256 g/mol. The molecule has 1 aromatic rings. The average Bonchev–Trinajstić information content (AvgIpc) is 2.45. The van der Waals surface area contributed by atoms with Crippen LogP contribution in [0.2, 0.25) is 0 Å².